The van der Waals surface area contributed by atoms with Crippen LogP contribution in [-0.2, 0) is 0 Å². The van der Waals surface area contributed by atoms with Gasteiger partial charge in [-0.25, -0.2) is 0 Å². The molecule has 0 saturated carbocycles. The largest absolute Gasteiger partial charge is 0.306 e. The number of nitrogens with zero attached hydrogens (tertiary/aromatic N) is 3. The van der Waals surface area contributed by atoms with E-state index in [0.29, 0.717) is 6.04 Å². The van der Waals surface area contributed by atoms with Crippen molar-refractivity contribution in [3.05, 3.63) is 18.5 Å². The molecular weight excluding hydrogens is 186 g/mol. The predicted octanol–water partition coefficient (Wildman–Crippen LogP) is 1.57. The maximum Gasteiger partial charge on any atom is 0.0543 e. The third-order valence-corrected chi connectivity index (χ3v) is 2.59. The topological polar surface area (TPSA) is 21.1 Å². The van der Waals surface area contributed by atoms with Gasteiger partial charge in [0.25, 0.3) is 0 Å². The number of likely N-dealkylation sites (tertiary alicyclic amines) is 1. The molecule has 0 aliphatic carbocycles. The van der Waals surface area contributed by atoms with Gasteiger partial charge in [0, 0.05) is 12.4 Å². The lowest BCUT2D eigenvalue weighted by atomic mass is 10.1. The van der Waals surface area contributed by atoms with Crippen LogP contribution in [0.4, 0.5) is 0 Å². The highest BCUT2D eigenvalue weighted by molar-refractivity contribution is 5.85. The molecule has 0 radical (unpaired) electrons. The molecule has 1 fully saturated rings. The van der Waals surface area contributed by atoms with Crippen LogP contribution in [0.1, 0.15) is 18.9 Å². The first-order chi connectivity index (χ1) is 5.86. The first kappa shape index (κ1) is 10.5. The maximum atomic E-state index is 4.26. The summed E-state index contributed by atoms with van der Waals surface area (Å²) in [5.74, 6) is 0. The highest BCUT2D eigenvalue weighted by Gasteiger charge is 2.17. The van der Waals surface area contributed by atoms with Crippen LogP contribution in [-0.4, -0.2) is 34.8 Å². The first-order valence-electron chi connectivity index (χ1n) is 4.54. The molecule has 0 spiro atoms. The van der Waals surface area contributed by atoms with Gasteiger partial charge in [0.15, 0.2) is 0 Å². The molecule has 1 aliphatic rings. The average molecular weight is 202 g/mol. The minimum Gasteiger partial charge on any atom is -0.306 e. The molecule has 0 atom stereocenters. The van der Waals surface area contributed by atoms with Gasteiger partial charge in [-0.2, -0.15) is 5.10 Å². The van der Waals surface area contributed by atoms with Gasteiger partial charge in [0.1, 0.15) is 0 Å². The van der Waals surface area contributed by atoms with Crippen LogP contribution in [0.15, 0.2) is 18.5 Å². The van der Waals surface area contributed by atoms with Crippen molar-refractivity contribution in [2.24, 2.45) is 0 Å². The summed E-state index contributed by atoms with van der Waals surface area (Å²) in [4.78, 5) is 2.38. The molecule has 3 nitrogen and oxygen atoms in total. The Kier molecular flexibility index (Phi) is 3.75. The summed E-state index contributed by atoms with van der Waals surface area (Å²) >= 11 is 0. The van der Waals surface area contributed by atoms with Gasteiger partial charge in [-0.3, -0.25) is 4.68 Å². The van der Waals surface area contributed by atoms with Gasteiger partial charge >= 0.3 is 0 Å². The normalized spacial score (nSPS) is 19.8. The molecule has 4 heteroatoms. The Balaban J connectivity index is 0.000000845. The SMILES string of the molecule is CN1CCC(n2cccn2)CC1.Cl. The standard InChI is InChI=1S/C9H15N3.ClH/c1-11-7-3-9(4-8-11)12-6-2-5-10-12;/h2,5-6,9H,3-4,7-8H2,1H3;1H. The lowest BCUT2D eigenvalue weighted by molar-refractivity contribution is 0.212. The monoisotopic (exact) mass is 201 g/mol. The smallest absolute Gasteiger partial charge is 0.0543 e. The van der Waals surface area contributed by atoms with E-state index in [1.807, 2.05) is 12.3 Å². The summed E-state index contributed by atoms with van der Waals surface area (Å²) < 4.78 is 2.09. The van der Waals surface area contributed by atoms with Gasteiger partial charge in [-0.05, 0) is 39.0 Å². The molecule has 2 heterocycles. The fourth-order valence-corrected chi connectivity index (χ4v) is 1.76. The van der Waals surface area contributed by atoms with Gasteiger partial charge in [0.05, 0.1) is 6.04 Å². The van der Waals surface area contributed by atoms with Crippen LogP contribution in [0, 0.1) is 0 Å². The Morgan fingerprint density at radius 2 is 2.00 bits per heavy atom. The van der Waals surface area contributed by atoms with E-state index in [4.69, 9.17) is 0 Å². The lowest BCUT2D eigenvalue weighted by Crippen LogP contribution is -2.31. The molecular formula is C9H16ClN3. The van der Waals surface area contributed by atoms with E-state index in [0.717, 1.165) is 0 Å². The van der Waals surface area contributed by atoms with Crippen molar-refractivity contribution in [2.45, 2.75) is 18.9 Å². The molecule has 1 aromatic rings. The second-order valence-electron chi connectivity index (χ2n) is 3.52. The van der Waals surface area contributed by atoms with Gasteiger partial charge < -0.3 is 4.90 Å². The fraction of sp³-hybridized carbons (Fsp3) is 0.667. The second-order valence-corrected chi connectivity index (χ2v) is 3.52. The van der Waals surface area contributed by atoms with Gasteiger partial charge in [-0.1, -0.05) is 0 Å². The molecule has 2 rings (SSSR count). The molecule has 13 heavy (non-hydrogen) atoms. The van der Waals surface area contributed by atoms with E-state index < -0.39 is 0 Å². The third kappa shape index (κ3) is 2.45. The minimum atomic E-state index is 0. The predicted molar refractivity (Wildman–Crippen MR) is 55.2 cm³/mol. The van der Waals surface area contributed by atoms with Crippen LogP contribution >= 0.6 is 12.4 Å². The Morgan fingerprint density at radius 1 is 1.31 bits per heavy atom. The zero-order chi connectivity index (χ0) is 8.39. The maximum absolute atomic E-state index is 4.26. The third-order valence-electron chi connectivity index (χ3n) is 2.59. The van der Waals surface area contributed by atoms with E-state index in [9.17, 15) is 0 Å². The van der Waals surface area contributed by atoms with Gasteiger partial charge in [-0.15, -0.1) is 12.4 Å². The Morgan fingerprint density at radius 3 is 2.54 bits per heavy atom. The van der Waals surface area contributed by atoms with Crippen LogP contribution in [0.25, 0.3) is 0 Å². The van der Waals surface area contributed by atoms with Crippen molar-refractivity contribution in [3.63, 3.8) is 0 Å². The van der Waals surface area contributed by atoms with E-state index >= 15 is 0 Å². The summed E-state index contributed by atoms with van der Waals surface area (Å²) in [6.45, 7) is 2.40. The summed E-state index contributed by atoms with van der Waals surface area (Å²) in [6.07, 6.45) is 6.39. The van der Waals surface area contributed by atoms with Crippen LogP contribution < -0.4 is 0 Å². The highest BCUT2D eigenvalue weighted by atomic mass is 35.5. The lowest BCUT2D eigenvalue weighted by Gasteiger charge is -2.28. The van der Waals surface area contributed by atoms with E-state index in [-0.39, 0.29) is 12.4 Å². The molecule has 0 amide bonds. The summed E-state index contributed by atoms with van der Waals surface area (Å²) in [7, 11) is 2.18. The van der Waals surface area contributed by atoms with Crippen molar-refractivity contribution in [3.8, 4) is 0 Å². The van der Waals surface area contributed by atoms with Crippen molar-refractivity contribution >= 4 is 12.4 Å². The molecule has 74 valence electrons. The highest BCUT2D eigenvalue weighted by Crippen LogP contribution is 2.19. The van der Waals surface area contributed by atoms with Crippen LogP contribution in [0.5, 0.6) is 0 Å². The van der Waals surface area contributed by atoms with Crippen LogP contribution in [0.2, 0.25) is 0 Å². The van der Waals surface area contributed by atoms with E-state index in [1.165, 1.54) is 25.9 Å². The van der Waals surface area contributed by atoms with Crippen LogP contribution in [0.3, 0.4) is 0 Å². The van der Waals surface area contributed by atoms with Gasteiger partial charge in [0.2, 0.25) is 0 Å². The van der Waals surface area contributed by atoms with Crippen molar-refractivity contribution in [2.75, 3.05) is 20.1 Å². The molecule has 0 bridgehead atoms. The molecule has 1 saturated heterocycles. The molecule has 1 aromatic heterocycles. The number of rotatable bonds is 1. The van der Waals surface area contributed by atoms with E-state index in [2.05, 4.69) is 27.9 Å². The average Bonchev–Trinajstić information content (AvgIpc) is 2.58. The molecule has 1 aliphatic heterocycles. The van der Waals surface area contributed by atoms with Crippen molar-refractivity contribution in [1.29, 1.82) is 0 Å². The fourth-order valence-electron chi connectivity index (χ4n) is 1.76. The number of aromatic nitrogens is 2. The minimum absolute atomic E-state index is 0. The zero-order valence-electron chi connectivity index (χ0n) is 7.89. The number of piperidine rings is 1. The quantitative estimate of drug-likeness (QED) is 0.688. The first-order valence-corrected chi connectivity index (χ1v) is 4.54. The number of hydrogen-bond acceptors (Lipinski definition) is 2. The molecule has 0 N–H and O–H groups in total. The summed E-state index contributed by atoms with van der Waals surface area (Å²) in [6, 6.07) is 2.63. The van der Waals surface area contributed by atoms with Crippen molar-refractivity contribution < 1.29 is 0 Å². The Bertz CT molecular complexity index is 227. The van der Waals surface area contributed by atoms with E-state index in [1.54, 1.807) is 0 Å². The molecule has 0 aromatic carbocycles. The number of hydrogen-bond donors (Lipinski definition) is 0. The molecule has 0 unspecified atom stereocenters. The summed E-state index contributed by atoms with van der Waals surface area (Å²) in [5.41, 5.74) is 0. The Labute approximate surface area is 85.1 Å². The second kappa shape index (κ2) is 4.63. The zero-order valence-corrected chi connectivity index (χ0v) is 8.70. The summed E-state index contributed by atoms with van der Waals surface area (Å²) in [5, 5.41) is 4.26. The van der Waals surface area contributed by atoms with Crippen molar-refractivity contribution in [1.82, 2.24) is 14.7 Å². The number of halogens is 1. The Hall–Kier alpha value is -0.540.